The summed E-state index contributed by atoms with van der Waals surface area (Å²) in [6, 6.07) is 14.6. The van der Waals surface area contributed by atoms with Gasteiger partial charge in [0.05, 0.1) is 13.2 Å². The van der Waals surface area contributed by atoms with Crippen molar-refractivity contribution in [3.05, 3.63) is 59.7 Å². The van der Waals surface area contributed by atoms with Crippen molar-refractivity contribution in [2.45, 2.75) is 19.1 Å². The molecule has 0 aliphatic rings. The third-order valence-corrected chi connectivity index (χ3v) is 3.25. The van der Waals surface area contributed by atoms with Crippen LogP contribution in [0.1, 0.15) is 30.3 Å². The molecule has 0 radical (unpaired) electrons. The van der Waals surface area contributed by atoms with Gasteiger partial charge in [-0.05, 0) is 30.2 Å². The van der Waals surface area contributed by atoms with Crippen molar-refractivity contribution >= 4 is 0 Å². The molecular weight excluding hydrogens is 268 g/mol. The second-order valence-electron chi connectivity index (χ2n) is 4.82. The highest BCUT2D eigenvalue weighted by Crippen LogP contribution is 2.31. The number of methoxy groups -OCH3 is 1. The summed E-state index contributed by atoms with van der Waals surface area (Å²) in [5, 5.41) is 19.6. The molecule has 0 aliphatic carbocycles. The standard InChI is InChI=1S/C17H20O4/c1-12(18)14-8-9-16(17(10-14)20-2)21-11-15(19)13-6-4-3-5-7-13/h3-10,12,15,18-19H,11H2,1-2H3/t12-,15?/m0/s1. The maximum Gasteiger partial charge on any atom is 0.161 e. The first kappa shape index (κ1) is 15.4. The summed E-state index contributed by atoms with van der Waals surface area (Å²) in [5.74, 6) is 1.07. The zero-order valence-electron chi connectivity index (χ0n) is 12.2. The van der Waals surface area contributed by atoms with E-state index in [0.29, 0.717) is 11.5 Å². The first-order valence-corrected chi connectivity index (χ1v) is 6.83. The van der Waals surface area contributed by atoms with Crippen molar-refractivity contribution in [1.82, 2.24) is 0 Å². The van der Waals surface area contributed by atoms with Gasteiger partial charge in [-0.25, -0.2) is 0 Å². The lowest BCUT2D eigenvalue weighted by Crippen LogP contribution is -2.10. The van der Waals surface area contributed by atoms with Crippen LogP contribution in [0.3, 0.4) is 0 Å². The lowest BCUT2D eigenvalue weighted by molar-refractivity contribution is 0.106. The van der Waals surface area contributed by atoms with Gasteiger partial charge in [0.25, 0.3) is 0 Å². The van der Waals surface area contributed by atoms with Gasteiger partial charge in [0.1, 0.15) is 12.7 Å². The molecule has 2 aromatic rings. The van der Waals surface area contributed by atoms with Gasteiger partial charge in [-0.2, -0.15) is 0 Å². The summed E-state index contributed by atoms with van der Waals surface area (Å²) >= 11 is 0. The zero-order chi connectivity index (χ0) is 15.2. The Kier molecular flexibility index (Phi) is 5.20. The van der Waals surface area contributed by atoms with Crippen molar-refractivity contribution < 1.29 is 19.7 Å². The van der Waals surface area contributed by atoms with Crippen LogP contribution < -0.4 is 9.47 Å². The van der Waals surface area contributed by atoms with Crippen LogP contribution in [0.2, 0.25) is 0 Å². The normalized spacial score (nSPS) is 13.5. The average molecular weight is 288 g/mol. The Balaban J connectivity index is 2.06. The van der Waals surface area contributed by atoms with Crippen LogP contribution in [0.25, 0.3) is 0 Å². The van der Waals surface area contributed by atoms with E-state index in [0.717, 1.165) is 11.1 Å². The van der Waals surface area contributed by atoms with Gasteiger partial charge < -0.3 is 19.7 Å². The topological polar surface area (TPSA) is 58.9 Å². The van der Waals surface area contributed by atoms with Gasteiger partial charge in [-0.1, -0.05) is 36.4 Å². The van der Waals surface area contributed by atoms with Crippen molar-refractivity contribution in [2.24, 2.45) is 0 Å². The van der Waals surface area contributed by atoms with Gasteiger partial charge in [-0.15, -0.1) is 0 Å². The Bertz CT molecular complexity index is 566. The van der Waals surface area contributed by atoms with Gasteiger partial charge in [0.2, 0.25) is 0 Å². The van der Waals surface area contributed by atoms with Crippen LogP contribution in [-0.4, -0.2) is 23.9 Å². The maximum atomic E-state index is 10.1. The lowest BCUT2D eigenvalue weighted by atomic mass is 10.1. The highest BCUT2D eigenvalue weighted by molar-refractivity contribution is 5.43. The molecule has 0 fully saturated rings. The van der Waals surface area contributed by atoms with Gasteiger partial charge in [-0.3, -0.25) is 0 Å². The van der Waals surface area contributed by atoms with Crippen molar-refractivity contribution in [3.8, 4) is 11.5 Å². The molecular formula is C17H20O4. The van der Waals surface area contributed by atoms with E-state index in [-0.39, 0.29) is 6.61 Å². The van der Waals surface area contributed by atoms with Crippen LogP contribution >= 0.6 is 0 Å². The Labute approximate surface area is 124 Å². The largest absolute Gasteiger partial charge is 0.493 e. The molecule has 2 atom stereocenters. The maximum absolute atomic E-state index is 10.1. The van der Waals surface area contributed by atoms with Crippen LogP contribution in [-0.2, 0) is 0 Å². The summed E-state index contributed by atoms with van der Waals surface area (Å²) in [6.45, 7) is 1.82. The quantitative estimate of drug-likeness (QED) is 0.858. The SMILES string of the molecule is COc1cc([C@H](C)O)ccc1OCC(O)c1ccccc1. The first-order chi connectivity index (χ1) is 10.1. The molecule has 0 amide bonds. The number of ether oxygens (including phenoxy) is 2. The molecule has 0 aromatic heterocycles. The molecule has 0 bridgehead atoms. The minimum Gasteiger partial charge on any atom is -0.493 e. The predicted molar refractivity (Wildman–Crippen MR) is 80.5 cm³/mol. The molecule has 4 heteroatoms. The Morgan fingerprint density at radius 2 is 1.67 bits per heavy atom. The lowest BCUT2D eigenvalue weighted by Gasteiger charge is -2.16. The van der Waals surface area contributed by atoms with E-state index in [1.165, 1.54) is 0 Å². The van der Waals surface area contributed by atoms with E-state index in [1.807, 2.05) is 30.3 Å². The van der Waals surface area contributed by atoms with Gasteiger partial charge >= 0.3 is 0 Å². The number of benzene rings is 2. The monoisotopic (exact) mass is 288 g/mol. The molecule has 21 heavy (non-hydrogen) atoms. The van der Waals surface area contributed by atoms with Gasteiger partial charge in [0, 0.05) is 0 Å². The smallest absolute Gasteiger partial charge is 0.161 e. The molecule has 2 N–H and O–H groups in total. The molecule has 0 saturated heterocycles. The van der Waals surface area contributed by atoms with E-state index < -0.39 is 12.2 Å². The number of hydrogen-bond acceptors (Lipinski definition) is 4. The molecule has 112 valence electrons. The van der Waals surface area contributed by atoms with Crippen LogP contribution in [0.15, 0.2) is 48.5 Å². The molecule has 2 rings (SSSR count). The summed E-state index contributed by atoms with van der Waals surface area (Å²) < 4.78 is 10.9. The van der Waals surface area contributed by atoms with Crippen LogP contribution in [0.5, 0.6) is 11.5 Å². The Hall–Kier alpha value is -2.04. The van der Waals surface area contributed by atoms with E-state index in [4.69, 9.17) is 9.47 Å². The minimum absolute atomic E-state index is 0.133. The molecule has 0 spiro atoms. The first-order valence-electron chi connectivity index (χ1n) is 6.83. The second kappa shape index (κ2) is 7.11. The predicted octanol–water partition coefficient (Wildman–Crippen LogP) is 2.86. The van der Waals surface area contributed by atoms with E-state index in [1.54, 1.807) is 32.2 Å². The fourth-order valence-corrected chi connectivity index (χ4v) is 2.00. The fourth-order valence-electron chi connectivity index (χ4n) is 2.00. The highest BCUT2D eigenvalue weighted by atomic mass is 16.5. The van der Waals surface area contributed by atoms with E-state index in [2.05, 4.69) is 0 Å². The van der Waals surface area contributed by atoms with E-state index >= 15 is 0 Å². The third-order valence-electron chi connectivity index (χ3n) is 3.25. The Morgan fingerprint density at radius 1 is 0.952 bits per heavy atom. The average Bonchev–Trinajstić information content (AvgIpc) is 2.53. The third kappa shape index (κ3) is 3.97. The van der Waals surface area contributed by atoms with Gasteiger partial charge in [0.15, 0.2) is 11.5 Å². The fraction of sp³-hybridized carbons (Fsp3) is 0.294. The molecule has 0 aliphatic heterocycles. The zero-order valence-corrected chi connectivity index (χ0v) is 12.2. The summed E-state index contributed by atoms with van der Waals surface area (Å²) in [5.41, 5.74) is 1.56. The number of rotatable bonds is 6. The van der Waals surface area contributed by atoms with Crippen molar-refractivity contribution in [1.29, 1.82) is 0 Å². The second-order valence-corrected chi connectivity index (χ2v) is 4.82. The number of aliphatic hydroxyl groups excluding tert-OH is 2. The molecule has 1 unspecified atom stereocenters. The van der Waals surface area contributed by atoms with Crippen LogP contribution in [0, 0.1) is 0 Å². The van der Waals surface area contributed by atoms with Crippen molar-refractivity contribution in [2.75, 3.05) is 13.7 Å². The number of hydrogen-bond donors (Lipinski definition) is 2. The molecule has 4 nitrogen and oxygen atoms in total. The highest BCUT2D eigenvalue weighted by Gasteiger charge is 2.12. The summed E-state index contributed by atoms with van der Waals surface area (Å²) in [6.07, 6.45) is -1.27. The summed E-state index contributed by atoms with van der Waals surface area (Å²) in [7, 11) is 1.54. The molecule has 2 aromatic carbocycles. The molecule has 0 saturated carbocycles. The number of aliphatic hydroxyl groups is 2. The van der Waals surface area contributed by atoms with Crippen molar-refractivity contribution in [3.63, 3.8) is 0 Å². The molecule has 0 heterocycles. The Morgan fingerprint density at radius 3 is 2.29 bits per heavy atom. The minimum atomic E-state index is -0.702. The van der Waals surface area contributed by atoms with E-state index in [9.17, 15) is 10.2 Å². The summed E-state index contributed by atoms with van der Waals surface area (Å²) in [4.78, 5) is 0. The van der Waals surface area contributed by atoms with Crippen LogP contribution in [0.4, 0.5) is 0 Å².